The van der Waals surface area contributed by atoms with E-state index in [4.69, 9.17) is 4.74 Å². The molecule has 1 aliphatic heterocycles. The van der Waals surface area contributed by atoms with Gasteiger partial charge in [-0.05, 0) is 55.7 Å². The molecule has 8 heteroatoms. The summed E-state index contributed by atoms with van der Waals surface area (Å²) in [7, 11) is -2.33. The first-order valence-corrected chi connectivity index (χ1v) is 12.3. The highest BCUT2D eigenvalue weighted by atomic mass is 32.2. The molecule has 33 heavy (non-hydrogen) atoms. The van der Waals surface area contributed by atoms with Crippen molar-refractivity contribution in [2.24, 2.45) is 4.99 Å². The van der Waals surface area contributed by atoms with Crippen LogP contribution in [0, 0.1) is 6.92 Å². The largest absolute Gasteiger partial charge is 0.495 e. The fraction of sp³-hybridized carbons (Fsp3) is 0.280. The Morgan fingerprint density at radius 1 is 1.03 bits per heavy atom. The number of hydrogen-bond donors (Lipinski definition) is 0. The number of hydrogen-bond acceptors (Lipinski definition) is 4. The Hall–Kier alpha value is -3.23. The molecule has 1 aromatic heterocycles. The van der Waals surface area contributed by atoms with Gasteiger partial charge in [-0.25, -0.2) is 8.42 Å². The van der Waals surface area contributed by atoms with E-state index in [9.17, 15) is 13.2 Å². The van der Waals surface area contributed by atoms with E-state index in [-0.39, 0.29) is 16.2 Å². The third kappa shape index (κ3) is 5.07. The maximum Gasteiger partial charge on any atom is 0.278 e. The van der Waals surface area contributed by atoms with Gasteiger partial charge in [-0.15, -0.1) is 0 Å². The predicted molar refractivity (Wildman–Crippen MR) is 126 cm³/mol. The first kappa shape index (κ1) is 22.9. The highest BCUT2D eigenvalue weighted by Crippen LogP contribution is 2.30. The Labute approximate surface area is 194 Å². The van der Waals surface area contributed by atoms with Gasteiger partial charge in [-0.1, -0.05) is 35.9 Å². The summed E-state index contributed by atoms with van der Waals surface area (Å²) >= 11 is 0. The zero-order valence-electron chi connectivity index (χ0n) is 18.8. The minimum atomic E-state index is -3.75. The van der Waals surface area contributed by atoms with Crippen LogP contribution >= 0.6 is 0 Å². The highest BCUT2D eigenvalue weighted by molar-refractivity contribution is 7.89. The van der Waals surface area contributed by atoms with Crippen molar-refractivity contribution < 1.29 is 17.9 Å². The third-order valence-electron chi connectivity index (χ3n) is 5.70. The van der Waals surface area contributed by atoms with E-state index in [0.717, 1.165) is 18.4 Å². The molecule has 1 saturated heterocycles. The molecule has 0 atom stereocenters. The molecule has 172 valence electrons. The minimum absolute atomic E-state index is 0.00598. The first-order valence-electron chi connectivity index (χ1n) is 10.9. The Morgan fingerprint density at radius 2 is 1.76 bits per heavy atom. The van der Waals surface area contributed by atoms with Gasteiger partial charge >= 0.3 is 0 Å². The zero-order chi connectivity index (χ0) is 23.4. The van der Waals surface area contributed by atoms with E-state index in [1.54, 1.807) is 12.1 Å². The minimum Gasteiger partial charge on any atom is -0.495 e. The summed E-state index contributed by atoms with van der Waals surface area (Å²) in [4.78, 5) is 17.3. The smallest absolute Gasteiger partial charge is 0.278 e. The summed E-state index contributed by atoms with van der Waals surface area (Å²) < 4.78 is 34.9. The topological polar surface area (TPSA) is 81.0 Å². The zero-order valence-corrected chi connectivity index (χ0v) is 19.6. The lowest BCUT2D eigenvalue weighted by Crippen LogP contribution is -2.28. The van der Waals surface area contributed by atoms with E-state index in [1.807, 2.05) is 54.1 Å². The molecule has 3 aromatic rings. The fourth-order valence-electron chi connectivity index (χ4n) is 3.84. The van der Waals surface area contributed by atoms with Gasteiger partial charge < -0.3 is 9.30 Å². The van der Waals surface area contributed by atoms with Crippen LogP contribution in [0.3, 0.4) is 0 Å². The van der Waals surface area contributed by atoms with Crippen molar-refractivity contribution in [3.63, 3.8) is 0 Å². The van der Waals surface area contributed by atoms with Crippen LogP contribution in [0.2, 0.25) is 0 Å². The van der Waals surface area contributed by atoms with Crippen molar-refractivity contribution in [2.75, 3.05) is 20.2 Å². The van der Waals surface area contributed by atoms with E-state index >= 15 is 0 Å². The summed E-state index contributed by atoms with van der Waals surface area (Å²) in [6, 6.07) is 18.0. The quantitative estimate of drug-likeness (QED) is 0.559. The summed E-state index contributed by atoms with van der Waals surface area (Å²) in [6.45, 7) is 3.53. The van der Waals surface area contributed by atoms with Gasteiger partial charge in [-0.3, -0.25) is 4.79 Å². The summed E-state index contributed by atoms with van der Waals surface area (Å²) in [6.07, 6.45) is 3.51. The van der Waals surface area contributed by atoms with E-state index in [1.165, 1.54) is 29.1 Å². The van der Waals surface area contributed by atoms with E-state index < -0.39 is 15.9 Å². The number of aromatic nitrogens is 1. The molecule has 2 heterocycles. The molecular weight excluding hydrogens is 438 g/mol. The van der Waals surface area contributed by atoms with Crippen LogP contribution in [0.5, 0.6) is 5.75 Å². The molecule has 0 N–H and O–H groups in total. The van der Waals surface area contributed by atoms with Crippen LogP contribution in [0.25, 0.3) is 0 Å². The number of ether oxygens (including phenoxy) is 1. The van der Waals surface area contributed by atoms with Crippen LogP contribution in [0.1, 0.15) is 34.3 Å². The molecule has 7 nitrogen and oxygen atoms in total. The lowest BCUT2D eigenvalue weighted by atomic mass is 10.1. The van der Waals surface area contributed by atoms with Gasteiger partial charge in [0.2, 0.25) is 10.0 Å². The number of rotatable bonds is 6. The summed E-state index contributed by atoms with van der Waals surface area (Å²) in [5, 5.41) is 0. The molecule has 1 amide bonds. The van der Waals surface area contributed by atoms with Crippen LogP contribution in [-0.2, 0) is 16.6 Å². The Balaban J connectivity index is 1.69. The number of pyridine rings is 1. The van der Waals surface area contributed by atoms with Crippen molar-refractivity contribution in [2.45, 2.75) is 31.2 Å². The molecular formula is C25H27N3O4S. The number of carbonyl (C=O) groups is 1. The first-order chi connectivity index (χ1) is 15.9. The average Bonchev–Trinajstić information content (AvgIpc) is 3.37. The van der Waals surface area contributed by atoms with Crippen molar-refractivity contribution >= 4 is 15.9 Å². The number of nitrogens with zero attached hydrogens (tertiary/aromatic N) is 3. The molecule has 1 aliphatic rings. The molecule has 4 rings (SSSR count). The van der Waals surface area contributed by atoms with Gasteiger partial charge in [0.05, 0.1) is 7.11 Å². The van der Waals surface area contributed by atoms with Crippen LogP contribution in [0.15, 0.2) is 76.7 Å². The molecule has 2 aromatic carbocycles. The number of benzene rings is 2. The van der Waals surface area contributed by atoms with Gasteiger partial charge in [0.25, 0.3) is 5.91 Å². The highest BCUT2D eigenvalue weighted by Gasteiger charge is 2.30. The van der Waals surface area contributed by atoms with E-state index in [0.29, 0.717) is 25.1 Å². The standard InChI is InChI=1S/C25H27N3O4S/c1-19-8-10-20(11-9-19)18-27-14-4-3-7-24(27)26-25(29)21-12-13-22(32-2)23(17-21)33(30,31)28-15-5-6-16-28/h3-4,7-14,17H,5-6,15-16,18H2,1-2H3. The average molecular weight is 466 g/mol. The van der Waals surface area contributed by atoms with Crippen LogP contribution in [0.4, 0.5) is 0 Å². The maximum atomic E-state index is 13.1. The summed E-state index contributed by atoms with van der Waals surface area (Å²) in [5.74, 6) is -0.299. The number of methoxy groups -OCH3 is 1. The van der Waals surface area contributed by atoms with Gasteiger partial charge in [0.1, 0.15) is 16.1 Å². The van der Waals surface area contributed by atoms with Crippen molar-refractivity contribution in [1.29, 1.82) is 0 Å². The number of carbonyl (C=O) groups excluding carboxylic acids is 1. The van der Waals surface area contributed by atoms with Crippen LogP contribution < -0.4 is 10.2 Å². The molecule has 0 spiro atoms. The molecule has 1 fully saturated rings. The molecule has 0 saturated carbocycles. The third-order valence-corrected chi connectivity index (χ3v) is 7.62. The molecule has 0 bridgehead atoms. The summed E-state index contributed by atoms with van der Waals surface area (Å²) in [5.41, 5.74) is 2.95. The number of sulfonamides is 1. The van der Waals surface area contributed by atoms with Gasteiger partial charge in [-0.2, -0.15) is 9.30 Å². The monoisotopic (exact) mass is 465 g/mol. The van der Waals surface area contributed by atoms with Crippen molar-refractivity contribution in [3.05, 3.63) is 89.0 Å². The SMILES string of the molecule is COc1ccc(C(=O)N=c2ccccn2Cc2ccc(C)cc2)cc1S(=O)(=O)N1CCCC1. The molecule has 0 aliphatic carbocycles. The number of aryl methyl sites for hydroxylation is 1. The van der Waals surface area contributed by atoms with Crippen molar-refractivity contribution in [1.82, 2.24) is 8.87 Å². The second-order valence-electron chi connectivity index (χ2n) is 8.07. The predicted octanol–water partition coefficient (Wildman–Crippen LogP) is 3.38. The Morgan fingerprint density at radius 3 is 2.45 bits per heavy atom. The Kier molecular flexibility index (Phi) is 6.76. The normalized spacial score (nSPS) is 15.0. The van der Waals surface area contributed by atoms with Gasteiger partial charge in [0, 0.05) is 31.4 Å². The second-order valence-corrected chi connectivity index (χ2v) is 9.97. The number of amides is 1. The van der Waals surface area contributed by atoms with E-state index in [2.05, 4.69) is 4.99 Å². The maximum absolute atomic E-state index is 13.1. The molecule has 0 radical (unpaired) electrons. The van der Waals surface area contributed by atoms with Gasteiger partial charge in [0.15, 0.2) is 0 Å². The second kappa shape index (κ2) is 9.72. The lowest BCUT2D eigenvalue weighted by molar-refractivity contribution is 0.0997. The van der Waals surface area contributed by atoms with Crippen LogP contribution in [-0.4, -0.2) is 43.4 Å². The lowest BCUT2D eigenvalue weighted by Gasteiger charge is -2.18. The fourth-order valence-corrected chi connectivity index (χ4v) is 5.54. The Bertz CT molecular complexity index is 1320. The van der Waals surface area contributed by atoms with Crippen molar-refractivity contribution in [3.8, 4) is 5.75 Å². The molecule has 0 unspecified atom stereocenters.